The fourth-order valence-electron chi connectivity index (χ4n) is 13.1. The molecule has 4 aliphatic rings. The van der Waals surface area contributed by atoms with Crippen molar-refractivity contribution in [2.45, 2.75) is 247 Å². The zero-order valence-corrected chi connectivity index (χ0v) is 63.8. The van der Waals surface area contributed by atoms with Crippen LogP contribution in [0.4, 0.5) is 0 Å². The number of methoxy groups -OCH3 is 3. The van der Waals surface area contributed by atoms with Crippen LogP contribution < -0.4 is 9.47 Å². The number of aliphatic hydroxyl groups is 20. The molecule has 0 aromatic heterocycles. The molecule has 32 N–H and O–H groups in total. The Morgan fingerprint density at radius 2 is 0.991 bits per heavy atom. The Balaban J connectivity index is -0.000000634. The van der Waals surface area contributed by atoms with Gasteiger partial charge in [0.2, 0.25) is 0 Å². The van der Waals surface area contributed by atoms with Crippen LogP contribution in [0.1, 0.15) is 196 Å². The summed E-state index contributed by atoms with van der Waals surface area (Å²) in [5.74, 6) is -0.173. The molecule has 110 heavy (non-hydrogen) atoms. The quantitative estimate of drug-likeness (QED) is 0.0319. The van der Waals surface area contributed by atoms with Gasteiger partial charge in [0.05, 0.1) is 88.5 Å². The number of phenolic OH excluding ortho intramolecular Hbond substituents is 5. The summed E-state index contributed by atoms with van der Waals surface area (Å²) in [7, 11) is 4.13. The third kappa shape index (κ3) is 37.5. The van der Waals surface area contributed by atoms with E-state index >= 15 is 0 Å². The van der Waals surface area contributed by atoms with Crippen molar-refractivity contribution < 1.29 is 171 Å². The summed E-state index contributed by atoms with van der Waals surface area (Å²) in [5.41, 5.74) is 2.54. The maximum absolute atomic E-state index is 10.4. The second-order valence-electron chi connectivity index (χ2n) is 27.6. The van der Waals surface area contributed by atoms with Crippen LogP contribution in [0.2, 0.25) is 0 Å². The zero-order valence-electron chi connectivity index (χ0n) is 65.8. The van der Waals surface area contributed by atoms with Crippen molar-refractivity contribution in [3.05, 3.63) is 94.0 Å². The maximum Gasteiger partial charge on any atom is 1.00 e. The van der Waals surface area contributed by atoms with Gasteiger partial charge in [0.1, 0.15) is 30.2 Å². The van der Waals surface area contributed by atoms with Gasteiger partial charge in [-0.3, -0.25) is 0 Å². The van der Waals surface area contributed by atoms with Gasteiger partial charge in [0.25, 0.3) is 0 Å². The van der Waals surface area contributed by atoms with Gasteiger partial charge in [-0.1, -0.05) is 25.5 Å². The lowest BCUT2D eigenvalue weighted by Crippen LogP contribution is -2.44. The van der Waals surface area contributed by atoms with Crippen LogP contribution in [0.3, 0.4) is 0 Å². The van der Waals surface area contributed by atoms with Crippen molar-refractivity contribution in [3.8, 4) is 46.0 Å². The molecule has 4 aromatic rings. The summed E-state index contributed by atoms with van der Waals surface area (Å²) in [6, 6.07) is 14.4. The molecule has 0 spiro atoms. The Morgan fingerprint density at radius 3 is 1.48 bits per heavy atom. The molecule has 0 amide bonds. The van der Waals surface area contributed by atoms with Crippen LogP contribution in [-0.2, 0) is 29.1 Å². The molecule has 4 fully saturated rings. The Kier molecular flexibility index (Phi) is 57.1. The predicted octanol–water partition coefficient (Wildman–Crippen LogP) is 0.668. The molecule has 4 aliphatic carbocycles. The molecule has 0 bridgehead atoms. The monoisotopic (exact) mass is 1590 g/mol. The molecule has 33 heteroatoms. The second-order valence-corrected chi connectivity index (χ2v) is 27.6. The third-order valence-corrected chi connectivity index (χ3v) is 19.7. The molecule has 14 unspecified atom stereocenters. The van der Waals surface area contributed by atoms with Crippen molar-refractivity contribution in [1.82, 2.24) is 0 Å². The number of phenols is 6. The topological polar surface area (TPSA) is 657 Å². The SMILES string of the molecule is CCC(O)C1CCCC(O)C1.COc1cc(C(Oc2ccc(C(O)C(CO)OC)cc2CO)C(CO)OC)cc(CO)c1O.O.O.O.OCCC(O)C1CCC(O)C(O)C1.OCCC(O)c1ccc(O)c(O)c1.OCCCC1CC(O)C(O)C(O)C1.OCCCC1CCC(O)CC1.OCCCc1cc(O)c(O)c(O)c1.[H+].[H+]. The smallest absolute Gasteiger partial charge is 0.504 e. The van der Waals surface area contributed by atoms with Crippen LogP contribution in [-0.4, -0.2) is 284 Å². The second kappa shape index (κ2) is 59.0. The van der Waals surface area contributed by atoms with Crippen LogP contribution in [0, 0.1) is 23.7 Å². The maximum atomic E-state index is 10.4. The van der Waals surface area contributed by atoms with Gasteiger partial charge in [-0.15, -0.1) is 0 Å². The summed E-state index contributed by atoms with van der Waals surface area (Å²) >= 11 is 0. The number of hydrogen-bond donors (Lipinski definition) is 26. The highest BCUT2D eigenvalue weighted by molar-refractivity contribution is 5.51. The molecule has 8 rings (SSSR count). The van der Waals surface area contributed by atoms with E-state index < -0.39 is 99.3 Å². The van der Waals surface area contributed by atoms with Crippen LogP contribution in [0.25, 0.3) is 0 Å². The Bertz CT molecular complexity index is 2910. The van der Waals surface area contributed by atoms with E-state index in [0.29, 0.717) is 91.7 Å². The van der Waals surface area contributed by atoms with E-state index in [-0.39, 0.29) is 128 Å². The average Bonchev–Trinajstić information content (AvgIpc) is 0.795. The lowest BCUT2D eigenvalue weighted by atomic mass is 9.81. The number of ether oxygens (including phenoxy) is 4. The average molecular weight is 1590 g/mol. The molecule has 0 saturated heterocycles. The summed E-state index contributed by atoms with van der Waals surface area (Å²) in [6.07, 6.45) is 7.49. The molecular weight excluding hydrogens is 1450 g/mol. The summed E-state index contributed by atoms with van der Waals surface area (Å²) in [5, 5.41) is 241. The minimum atomic E-state index is -1.13. The molecule has 0 heterocycles. The van der Waals surface area contributed by atoms with Crippen molar-refractivity contribution in [1.29, 1.82) is 0 Å². The summed E-state index contributed by atoms with van der Waals surface area (Å²) in [6.45, 7) is 0.679. The number of hydrogen-bond acceptors (Lipinski definition) is 30. The summed E-state index contributed by atoms with van der Waals surface area (Å²) < 4.78 is 21.8. The largest absolute Gasteiger partial charge is 1.00 e. The third-order valence-electron chi connectivity index (χ3n) is 19.7. The van der Waals surface area contributed by atoms with Crippen LogP contribution in [0.15, 0.2) is 60.7 Å². The predicted molar refractivity (Wildman–Crippen MR) is 406 cm³/mol. The van der Waals surface area contributed by atoms with E-state index in [1.54, 1.807) is 6.07 Å². The highest BCUT2D eigenvalue weighted by Crippen LogP contribution is 2.40. The Labute approximate surface area is 646 Å². The van der Waals surface area contributed by atoms with Gasteiger partial charge < -0.3 is 168 Å². The first kappa shape index (κ1) is 106. The normalized spacial score (nSPS) is 23.2. The van der Waals surface area contributed by atoms with E-state index in [2.05, 4.69) is 0 Å². The van der Waals surface area contributed by atoms with Crippen molar-refractivity contribution in [2.24, 2.45) is 23.7 Å². The van der Waals surface area contributed by atoms with Gasteiger partial charge in [-0.2, -0.15) is 0 Å². The lowest BCUT2D eigenvalue weighted by molar-refractivity contribution is -0.101. The highest BCUT2D eigenvalue weighted by Gasteiger charge is 2.35. The van der Waals surface area contributed by atoms with E-state index in [1.807, 2.05) is 6.92 Å². The minimum absolute atomic E-state index is 0. The molecule has 4 aromatic carbocycles. The van der Waals surface area contributed by atoms with Crippen LogP contribution >= 0.6 is 0 Å². The number of aryl methyl sites for hydroxylation is 1. The zero-order chi connectivity index (χ0) is 80.3. The van der Waals surface area contributed by atoms with Crippen molar-refractivity contribution in [2.75, 3.05) is 67.6 Å². The number of aromatic hydroxyl groups is 6. The molecule has 0 radical (unpaired) electrons. The van der Waals surface area contributed by atoms with Gasteiger partial charge in [0, 0.05) is 64.8 Å². The molecule has 0 aliphatic heterocycles. The lowest BCUT2D eigenvalue weighted by Gasteiger charge is -2.33. The molecule has 640 valence electrons. The first-order valence-corrected chi connectivity index (χ1v) is 37.0. The van der Waals surface area contributed by atoms with Gasteiger partial charge in [-0.05, 0) is 223 Å². The molecular formula is C77H136O33+2. The first-order valence-electron chi connectivity index (χ1n) is 37.0. The van der Waals surface area contributed by atoms with Crippen LogP contribution in [0.5, 0.6) is 46.0 Å². The molecule has 33 nitrogen and oxygen atoms in total. The Morgan fingerprint density at radius 1 is 0.445 bits per heavy atom. The fraction of sp³-hybridized carbons (Fsp3) is 0.688. The van der Waals surface area contributed by atoms with Gasteiger partial charge in [-0.25, -0.2) is 0 Å². The first-order chi connectivity index (χ1) is 51.0. The van der Waals surface area contributed by atoms with Crippen molar-refractivity contribution >= 4 is 0 Å². The van der Waals surface area contributed by atoms with E-state index in [4.69, 9.17) is 70.0 Å². The van der Waals surface area contributed by atoms with E-state index in [9.17, 15) is 81.7 Å². The van der Waals surface area contributed by atoms with Crippen molar-refractivity contribution in [3.63, 3.8) is 0 Å². The highest BCUT2D eigenvalue weighted by atomic mass is 16.5. The number of aliphatic hydroxyl groups excluding tert-OH is 20. The Hall–Kier alpha value is -5.72. The fourth-order valence-corrected chi connectivity index (χ4v) is 13.1. The van der Waals surface area contributed by atoms with Gasteiger partial charge in [0.15, 0.2) is 46.4 Å². The molecule has 4 saturated carbocycles. The standard InChI is InChI=1S/C23H32O10.C9H18O4.C9H12O4.C9H18O4.C9H12O4.2C9H18O2.3H2O/c1-30-18-8-14(7-16(10-25)22(18)29)23(20(12-27)32-3)33-17-5-4-13(6-15(17)9-24)21(28)19(11-26)31-2;2*10-4-3-7(11)6-1-2-8(12)9(13)5-6;2*10-3-1-2-6-4-7(11)9(13)8(12)5-6;10-7-1-2-8-3-5-9(11)6-4-8;1-2-9(11)7-4-3-5-8(10)6-7;;;/h4-8,19-21,23-29H,9-12H2,1-3H3;6-13H,1-5H2;1-2,5,7,10-13H,3-4H2;6-13H,1-5H2;4-5,10-13H,1-3H2;8-11H,1-7H2;7-11H,2-6H2,1H3;3*1H2/p+2. The summed E-state index contributed by atoms with van der Waals surface area (Å²) in [4.78, 5) is 0. The number of rotatable bonds is 30. The molecule has 14 atom stereocenters. The van der Waals surface area contributed by atoms with Gasteiger partial charge >= 0.3 is 2.85 Å². The number of benzene rings is 4. The minimum Gasteiger partial charge on any atom is -0.504 e. The van der Waals surface area contributed by atoms with E-state index in [0.717, 1.165) is 89.4 Å². The van der Waals surface area contributed by atoms with E-state index in [1.165, 1.54) is 75.9 Å².